The third-order valence-electron chi connectivity index (χ3n) is 2.97. The molecule has 1 atom stereocenters. The lowest BCUT2D eigenvalue weighted by atomic mass is 10.1. The smallest absolute Gasteiger partial charge is 0.343 e. The number of methoxy groups -OCH3 is 1. The Labute approximate surface area is 112 Å². The van der Waals surface area contributed by atoms with E-state index in [9.17, 15) is 4.79 Å². The average molecular weight is 265 g/mol. The maximum absolute atomic E-state index is 10.9. The Bertz CT molecular complexity index is 398. The van der Waals surface area contributed by atoms with Crippen LogP contribution in [0.1, 0.15) is 12.8 Å². The molecule has 1 heterocycles. The summed E-state index contributed by atoms with van der Waals surface area (Å²) in [6.07, 6.45) is 2.22. The van der Waals surface area contributed by atoms with E-state index in [4.69, 9.17) is 9.47 Å². The number of rotatable bonds is 5. The normalized spacial score (nSPS) is 18.7. The van der Waals surface area contributed by atoms with Gasteiger partial charge in [0.15, 0.2) is 6.61 Å². The number of hydrogen-bond acceptors (Lipinski definition) is 5. The van der Waals surface area contributed by atoms with Crippen molar-refractivity contribution in [1.29, 1.82) is 0 Å². The van der Waals surface area contributed by atoms with Gasteiger partial charge < -0.3 is 19.5 Å². The van der Waals surface area contributed by atoms with E-state index >= 15 is 0 Å². The van der Waals surface area contributed by atoms with Gasteiger partial charge in [0.2, 0.25) is 0 Å². The van der Waals surface area contributed by atoms with E-state index in [0.29, 0.717) is 11.8 Å². The first-order chi connectivity index (χ1) is 9.28. The van der Waals surface area contributed by atoms with Gasteiger partial charge in [-0.25, -0.2) is 4.79 Å². The van der Waals surface area contributed by atoms with Crippen LogP contribution >= 0.6 is 0 Å². The summed E-state index contributed by atoms with van der Waals surface area (Å²) in [5.74, 6) is 0.261. The van der Waals surface area contributed by atoms with Gasteiger partial charge in [-0.2, -0.15) is 0 Å². The van der Waals surface area contributed by atoms with E-state index in [1.807, 2.05) is 24.3 Å². The second-order valence-corrected chi connectivity index (χ2v) is 4.45. The van der Waals surface area contributed by atoms with Gasteiger partial charge in [0, 0.05) is 18.3 Å². The van der Waals surface area contributed by atoms with Crippen molar-refractivity contribution in [2.45, 2.75) is 18.9 Å². The zero-order valence-electron chi connectivity index (χ0n) is 11.1. The molecule has 0 amide bonds. The monoisotopic (exact) mass is 265 g/mol. The molecule has 0 aromatic heterocycles. The molecule has 19 heavy (non-hydrogen) atoms. The summed E-state index contributed by atoms with van der Waals surface area (Å²) >= 11 is 0. The van der Waals surface area contributed by atoms with Crippen molar-refractivity contribution in [3.8, 4) is 5.75 Å². The molecular formula is C14H19NO4. The number of esters is 1. The van der Waals surface area contributed by atoms with E-state index in [-0.39, 0.29) is 12.6 Å². The number of anilines is 1. The maximum atomic E-state index is 10.9. The van der Waals surface area contributed by atoms with Gasteiger partial charge in [-0.1, -0.05) is 0 Å². The van der Waals surface area contributed by atoms with Gasteiger partial charge in [-0.15, -0.1) is 0 Å². The van der Waals surface area contributed by atoms with E-state index in [1.165, 1.54) is 7.11 Å². The van der Waals surface area contributed by atoms with Crippen LogP contribution in [0.3, 0.4) is 0 Å². The molecule has 0 spiro atoms. The van der Waals surface area contributed by atoms with Gasteiger partial charge in [0.25, 0.3) is 0 Å². The Hall–Kier alpha value is -1.75. The molecule has 0 radical (unpaired) electrons. The van der Waals surface area contributed by atoms with Gasteiger partial charge in [0.1, 0.15) is 5.75 Å². The van der Waals surface area contributed by atoms with Crippen molar-refractivity contribution in [3.63, 3.8) is 0 Å². The van der Waals surface area contributed by atoms with E-state index < -0.39 is 0 Å². The maximum Gasteiger partial charge on any atom is 0.343 e. The number of ether oxygens (including phenoxy) is 3. The van der Waals surface area contributed by atoms with Crippen molar-refractivity contribution < 1.29 is 19.0 Å². The van der Waals surface area contributed by atoms with Gasteiger partial charge in [-0.3, -0.25) is 0 Å². The fraction of sp³-hybridized carbons (Fsp3) is 0.500. The summed E-state index contributed by atoms with van der Waals surface area (Å²) in [5.41, 5.74) is 1.03. The topological polar surface area (TPSA) is 56.8 Å². The van der Waals surface area contributed by atoms with Crippen LogP contribution in [0.5, 0.6) is 5.75 Å². The summed E-state index contributed by atoms with van der Waals surface area (Å²) in [5, 5.41) is 3.41. The molecule has 0 saturated carbocycles. The minimum atomic E-state index is -0.387. The van der Waals surface area contributed by atoms with E-state index in [2.05, 4.69) is 10.1 Å². The minimum Gasteiger partial charge on any atom is -0.482 e. The number of carbonyl (C=O) groups excluding carboxylic acids is 1. The number of nitrogens with one attached hydrogen (secondary N) is 1. The molecule has 0 bridgehead atoms. The van der Waals surface area contributed by atoms with Crippen molar-refractivity contribution in [3.05, 3.63) is 24.3 Å². The lowest BCUT2D eigenvalue weighted by Crippen LogP contribution is -2.29. The Morgan fingerprint density at radius 1 is 1.42 bits per heavy atom. The van der Waals surface area contributed by atoms with Crippen LogP contribution in [0, 0.1) is 0 Å². The second kappa shape index (κ2) is 6.99. The summed E-state index contributed by atoms with van der Waals surface area (Å²) < 4.78 is 15.2. The average Bonchev–Trinajstić information content (AvgIpc) is 2.47. The predicted octanol–water partition coefficient (Wildman–Crippen LogP) is 1.83. The highest BCUT2D eigenvalue weighted by Gasteiger charge is 2.13. The molecule has 1 fully saturated rings. The molecule has 1 N–H and O–H groups in total. The summed E-state index contributed by atoms with van der Waals surface area (Å²) in [4.78, 5) is 10.9. The molecule has 1 unspecified atom stereocenters. The van der Waals surface area contributed by atoms with Gasteiger partial charge in [-0.05, 0) is 37.1 Å². The third kappa shape index (κ3) is 4.44. The molecular weight excluding hydrogens is 246 g/mol. The van der Waals surface area contributed by atoms with E-state index in [0.717, 1.165) is 31.7 Å². The standard InChI is InChI=1S/C14H19NO4/c1-17-14(16)10-19-13-6-4-11(5-7-13)15-12-3-2-8-18-9-12/h4-7,12,15H,2-3,8-10H2,1H3. The van der Waals surface area contributed by atoms with Crippen LogP contribution in [-0.4, -0.2) is 38.9 Å². The first-order valence-electron chi connectivity index (χ1n) is 6.42. The van der Waals surface area contributed by atoms with Crippen molar-refractivity contribution in [2.75, 3.05) is 32.2 Å². The summed E-state index contributed by atoms with van der Waals surface area (Å²) in [6.45, 7) is 1.54. The van der Waals surface area contributed by atoms with Crippen LogP contribution < -0.4 is 10.1 Å². The van der Waals surface area contributed by atoms with Gasteiger partial charge in [0.05, 0.1) is 13.7 Å². The molecule has 1 saturated heterocycles. The Kier molecular flexibility index (Phi) is 5.03. The molecule has 1 aliphatic rings. The highest BCUT2D eigenvalue weighted by atomic mass is 16.6. The van der Waals surface area contributed by atoms with Crippen molar-refractivity contribution >= 4 is 11.7 Å². The molecule has 1 aliphatic heterocycles. The van der Waals surface area contributed by atoms with Crippen molar-refractivity contribution in [1.82, 2.24) is 0 Å². The molecule has 2 rings (SSSR count). The molecule has 104 valence electrons. The van der Waals surface area contributed by atoms with Crippen LogP contribution in [0.2, 0.25) is 0 Å². The summed E-state index contributed by atoms with van der Waals surface area (Å²) in [6, 6.07) is 7.89. The first-order valence-corrected chi connectivity index (χ1v) is 6.42. The fourth-order valence-corrected chi connectivity index (χ4v) is 1.94. The number of benzene rings is 1. The van der Waals surface area contributed by atoms with Crippen molar-refractivity contribution in [2.24, 2.45) is 0 Å². The lowest BCUT2D eigenvalue weighted by molar-refractivity contribution is -0.142. The fourth-order valence-electron chi connectivity index (χ4n) is 1.94. The third-order valence-corrected chi connectivity index (χ3v) is 2.97. The van der Waals surface area contributed by atoms with Gasteiger partial charge >= 0.3 is 5.97 Å². The van der Waals surface area contributed by atoms with Crippen LogP contribution in [0.25, 0.3) is 0 Å². The second-order valence-electron chi connectivity index (χ2n) is 4.45. The molecule has 5 nitrogen and oxygen atoms in total. The largest absolute Gasteiger partial charge is 0.482 e. The van der Waals surface area contributed by atoms with Crippen LogP contribution in [0.15, 0.2) is 24.3 Å². The molecule has 1 aromatic rings. The molecule has 0 aliphatic carbocycles. The Morgan fingerprint density at radius 2 is 2.21 bits per heavy atom. The predicted molar refractivity (Wildman–Crippen MR) is 71.4 cm³/mol. The van der Waals surface area contributed by atoms with Crippen LogP contribution in [0.4, 0.5) is 5.69 Å². The Morgan fingerprint density at radius 3 is 2.84 bits per heavy atom. The quantitative estimate of drug-likeness (QED) is 0.823. The Balaban J connectivity index is 1.82. The molecule has 5 heteroatoms. The highest BCUT2D eigenvalue weighted by Crippen LogP contribution is 2.18. The minimum absolute atomic E-state index is 0.0697. The SMILES string of the molecule is COC(=O)COc1ccc(NC2CCCOC2)cc1. The highest BCUT2D eigenvalue weighted by molar-refractivity contribution is 5.70. The van der Waals surface area contributed by atoms with Crippen LogP contribution in [-0.2, 0) is 14.3 Å². The first kappa shape index (κ1) is 13.7. The molecule has 1 aromatic carbocycles. The van der Waals surface area contributed by atoms with E-state index in [1.54, 1.807) is 0 Å². The zero-order chi connectivity index (χ0) is 13.5. The zero-order valence-corrected chi connectivity index (χ0v) is 11.1. The number of carbonyl (C=O) groups is 1. The summed E-state index contributed by atoms with van der Waals surface area (Å²) in [7, 11) is 1.34. The number of hydrogen-bond donors (Lipinski definition) is 1. The lowest BCUT2D eigenvalue weighted by Gasteiger charge is -2.24.